The Labute approximate surface area is 176 Å². The molecule has 2 amide bonds. The van der Waals surface area contributed by atoms with Crippen LogP contribution in [-0.2, 0) is 13.1 Å². The number of amides is 2. The second-order valence-electron chi connectivity index (χ2n) is 6.66. The summed E-state index contributed by atoms with van der Waals surface area (Å²) in [5, 5.41) is 0. The zero-order chi connectivity index (χ0) is 22.1. The van der Waals surface area contributed by atoms with Crippen LogP contribution in [0.25, 0.3) is 0 Å². The van der Waals surface area contributed by atoms with Crippen molar-refractivity contribution in [2.75, 3.05) is 24.0 Å². The van der Waals surface area contributed by atoms with Gasteiger partial charge in [0.05, 0.1) is 37.8 Å². The SMILES string of the molecule is COc1nc(OC)c(F)c(N2Cc3cnc(CN)cc3N(c3ccccc3)C2=O)c1F. The van der Waals surface area contributed by atoms with E-state index in [1.54, 1.807) is 42.6 Å². The lowest BCUT2D eigenvalue weighted by Crippen LogP contribution is -2.46. The molecule has 0 saturated heterocycles. The van der Waals surface area contributed by atoms with Gasteiger partial charge in [0.2, 0.25) is 11.6 Å². The second-order valence-corrected chi connectivity index (χ2v) is 6.66. The number of aromatic nitrogens is 2. The number of methoxy groups -OCH3 is 2. The number of rotatable bonds is 5. The van der Waals surface area contributed by atoms with Crippen LogP contribution in [0, 0.1) is 11.6 Å². The van der Waals surface area contributed by atoms with Gasteiger partial charge in [0.25, 0.3) is 11.8 Å². The van der Waals surface area contributed by atoms with Gasteiger partial charge >= 0.3 is 6.03 Å². The highest BCUT2D eigenvalue weighted by Gasteiger charge is 2.38. The predicted molar refractivity (Wildman–Crippen MR) is 110 cm³/mol. The molecule has 1 aliphatic heterocycles. The maximum Gasteiger partial charge on any atom is 0.334 e. The standard InChI is InChI=1S/C21H19F2N5O3/c1-30-19-16(22)18(17(23)20(26-19)31-2)27-11-12-10-25-13(9-24)8-15(12)28(21(27)29)14-6-4-3-5-7-14/h3-8,10H,9,11,24H2,1-2H3. The second kappa shape index (κ2) is 8.15. The lowest BCUT2D eigenvalue weighted by molar-refractivity contribution is 0.251. The van der Waals surface area contributed by atoms with Crippen LogP contribution in [0.15, 0.2) is 42.6 Å². The molecular formula is C21H19F2N5O3. The number of ether oxygens (including phenoxy) is 2. The fourth-order valence-corrected chi connectivity index (χ4v) is 3.42. The van der Waals surface area contributed by atoms with Crippen molar-refractivity contribution in [2.24, 2.45) is 5.73 Å². The molecular weight excluding hydrogens is 408 g/mol. The first-order valence-electron chi connectivity index (χ1n) is 9.31. The van der Waals surface area contributed by atoms with Crippen LogP contribution in [0.2, 0.25) is 0 Å². The maximum atomic E-state index is 15.1. The van der Waals surface area contributed by atoms with E-state index in [4.69, 9.17) is 15.2 Å². The number of urea groups is 1. The van der Waals surface area contributed by atoms with Crippen LogP contribution in [0.3, 0.4) is 0 Å². The average molecular weight is 427 g/mol. The van der Waals surface area contributed by atoms with Crippen LogP contribution in [0.1, 0.15) is 11.3 Å². The van der Waals surface area contributed by atoms with E-state index in [0.717, 1.165) is 4.90 Å². The molecule has 0 radical (unpaired) electrons. The highest BCUT2D eigenvalue weighted by Crippen LogP contribution is 2.41. The van der Waals surface area contributed by atoms with Gasteiger partial charge < -0.3 is 15.2 Å². The minimum atomic E-state index is -1.11. The Morgan fingerprint density at radius 3 is 2.32 bits per heavy atom. The molecule has 2 N–H and O–H groups in total. The molecule has 10 heteroatoms. The number of carbonyl (C=O) groups excluding carboxylic acids is 1. The van der Waals surface area contributed by atoms with Crippen LogP contribution in [-0.4, -0.2) is 30.2 Å². The summed E-state index contributed by atoms with van der Waals surface area (Å²) in [6.07, 6.45) is 1.54. The Bertz CT molecular complexity index is 1120. The Kier molecular flexibility index (Phi) is 5.38. The number of benzene rings is 1. The lowest BCUT2D eigenvalue weighted by atomic mass is 10.1. The van der Waals surface area contributed by atoms with Crippen molar-refractivity contribution in [3.8, 4) is 11.8 Å². The summed E-state index contributed by atoms with van der Waals surface area (Å²) in [6, 6.07) is 9.77. The number of pyridine rings is 2. The fourth-order valence-electron chi connectivity index (χ4n) is 3.42. The molecule has 3 heterocycles. The first kappa shape index (κ1) is 20.5. The first-order valence-corrected chi connectivity index (χ1v) is 9.31. The van der Waals surface area contributed by atoms with E-state index in [0.29, 0.717) is 22.6 Å². The third-order valence-corrected chi connectivity index (χ3v) is 4.88. The van der Waals surface area contributed by atoms with Gasteiger partial charge in [-0.05, 0) is 18.2 Å². The Morgan fingerprint density at radius 1 is 1.10 bits per heavy atom. The molecule has 4 rings (SSSR count). The smallest absolute Gasteiger partial charge is 0.334 e. The molecule has 0 spiro atoms. The van der Waals surface area contributed by atoms with Crippen LogP contribution in [0.4, 0.5) is 30.6 Å². The number of carbonyl (C=O) groups is 1. The average Bonchev–Trinajstić information content (AvgIpc) is 2.80. The highest BCUT2D eigenvalue weighted by molar-refractivity contribution is 6.11. The molecule has 0 fully saturated rings. The number of anilines is 3. The number of hydrogen-bond acceptors (Lipinski definition) is 6. The summed E-state index contributed by atoms with van der Waals surface area (Å²) in [5.41, 5.74) is 7.30. The largest absolute Gasteiger partial charge is 0.479 e. The van der Waals surface area contributed by atoms with Crippen molar-refractivity contribution in [1.82, 2.24) is 9.97 Å². The minimum Gasteiger partial charge on any atom is -0.479 e. The third-order valence-electron chi connectivity index (χ3n) is 4.88. The van der Waals surface area contributed by atoms with Crippen LogP contribution in [0.5, 0.6) is 11.8 Å². The highest BCUT2D eigenvalue weighted by atomic mass is 19.1. The van der Waals surface area contributed by atoms with Gasteiger partial charge in [-0.25, -0.2) is 4.79 Å². The molecule has 0 aliphatic carbocycles. The quantitative estimate of drug-likeness (QED) is 0.670. The van der Waals surface area contributed by atoms with E-state index in [1.165, 1.54) is 19.1 Å². The van der Waals surface area contributed by atoms with Crippen molar-refractivity contribution < 1.29 is 23.0 Å². The molecule has 1 aliphatic rings. The van der Waals surface area contributed by atoms with Gasteiger partial charge in [-0.3, -0.25) is 14.8 Å². The van der Waals surface area contributed by atoms with Gasteiger partial charge in [0.15, 0.2) is 0 Å². The van der Waals surface area contributed by atoms with E-state index in [1.807, 2.05) is 0 Å². The zero-order valence-electron chi connectivity index (χ0n) is 16.8. The van der Waals surface area contributed by atoms with Gasteiger partial charge in [-0.15, -0.1) is 0 Å². The van der Waals surface area contributed by atoms with E-state index >= 15 is 8.78 Å². The van der Waals surface area contributed by atoms with E-state index < -0.39 is 35.1 Å². The van der Waals surface area contributed by atoms with Crippen LogP contribution < -0.4 is 25.0 Å². The van der Waals surface area contributed by atoms with Crippen molar-refractivity contribution in [2.45, 2.75) is 13.1 Å². The summed E-state index contributed by atoms with van der Waals surface area (Å²) >= 11 is 0. The Morgan fingerprint density at radius 2 is 1.74 bits per heavy atom. The lowest BCUT2D eigenvalue weighted by Gasteiger charge is -2.37. The number of halogens is 2. The molecule has 160 valence electrons. The van der Waals surface area contributed by atoms with Gasteiger partial charge in [0, 0.05) is 18.3 Å². The number of nitrogens with two attached hydrogens (primary N) is 1. The first-order chi connectivity index (χ1) is 15.0. The normalized spacial score (nSPS) is 13.3. The third kappa shape index (κ3) is 3.40. The molecule has 0 saturated carbocycles. The summed E-state index contributed by atoms with van der Waals surface area (Å²) < 4.78 is 40.0. The van der Waals surface area contributed by atoms with E-state index in [9.17, 15) is 4.79 Å². The molecule has 0 bridgehead atoms. The van der Waals surface area contributed by atoms with Gasteiger partial charge in [-0.2, -0.15) is 13.8 Å². The summed E-state index contributed by atoms with van der Waals surface area (Å²) in [4.78, 5) is 23.8. The molecule has 0 unspecified atom stereocenters. The van der Waals surface area contributed by atoms with Gasteiger partial charge in [-0.1, -0.05) is 18.2 Å². The Balaban J connectivity index is 1.93. The molecule has 3 aromatic rings. The summed E-state index contributed by atoms with van der Waals surface area (Å²) in [7, 11) is 2.38. The Hall–Kier alpha value is -3.79. The van der Waals surface area contributed by atoms with Crippen LogP contribution >= 0.6 is 0 Å². The molecule has 8 nitrogen and oxygen atoms in total. The zero-order valence-corrected chi connectivity index (χ0v) is 16.8. The maximum absolute atomic E-state index is 15.1. The molecule has 31 heavy (non-hydrogen) atoms. The van der Waals surface area contributed by atoms with Crippen molar-refractivity contribution in [1.29, 1.82) is 0 Å². The van der Waals surface area contributed by atoms with Crippen molar-refractivity contribution >= 4 is 23.1 Å². The number of hydrogen-bond donors (Lipinski definition) is 1. The number of nitrogens with zero attached hydrogens (tertiary/aromatic N) is 4. The van der Waals surface area contributed by atoms with E-state index in [2.05, 4.69) is 9.97 Å². The minimum absolute atomic E-state index is 0.125. The monoisotopic (exact) mass is 427 g/mol. The van der Waals surface area contributed by atoms with Crippen molar-refractivity contribution in [3.05, 3.63) is 65.5 Å². The number of para-hydroxylation sites is 1. The molecule has 1 aromatic carbocycles. The number of fused-ring (bicyclic) bond motifs is 1. The summed E-state index contributed by atoms with van der Waals surface area (Å²) in [5.74, 6) is -3.21. The summed E-state index contributed by atoms with van der Waals surface area (Å²) in [6.45, 7) is 0.0509. The van der Waals surface area contributed by atoms with E-state index in [-0.39, 0.29) is 13.1 Å². The molecule has 0 atom stereocenters. The fraction of sp³-hybridized carbons (Fsp3) is 0.190. The topological polar surface area (TPSA) is 93.8 Å². The molecule has 2 aromatic heterocycles. The van der Waals surface area contributed by atoms with Crippen molar-refractivity contribution in [3.63, 3.8) is 0 Å². The predicted octanol–water partition coefficient (Wildman–Crippen LogP) is 3.51. The van der Waals surface area contributed by atoms with Gasteiger partial charge in [0.1, 0.15) is 5.69 Å².